The topological polar surface area (TPSA) is 126 Å². The Morgan fingerprint density at radius 2 is 1.93 bits per heavy atom. The number of rotatable bonds is 9. The molecule has 0 saturated carbocycles. The van der Waals surface area contributed by atoms with Crippen molar-refractivity contribution in [1.29, 1.82) is 0 Å². The highest BCUT2D eigenvalue weighted by Gasteiger charge is 2.33. The van der Waals surface area contributed by atoms with E-state index in [-0.39, 0.29) is 17.7 Å². The molecule has 0 fully saturated rings. The molecule has 1 aliphatic rings. The molecule has 0 bridgehead atoms. The van der Waals surface area contributed by atoms with E-state index < -0.39 is 0 Å². The first-order valence-corrected chi connectivity index (χ1v) is 14.2. The smallest absolute Gasteiger partial charge is 0.252 e. The van der Waals surface area contributed by atoms with Gasteiger partial charge in [0, 0.05) is 71.2 Å². The monoisotopic (exact) mass is 559 g/mol. The minimum Gasteiger partial charge on any atom is -0.508 e. The van der Waals surface area contributed by atoms with Crippen molar-refractivity contribution in [3.8, 4) is 5.75 Å². The molecular weight excluding hydrogens is 526 g/mol. The van der Waals surface area contributed by atoms with Crippen LogP contribution in [0.3, 0.4) is 0 Å². The summed E-state index contributed by atoms with van der Waals surface area (Å²) < 4.78 is 4.23. The molecular formula is C33H33N7O2. The minimum absolute atomic E-state index is 0.129. The van der Waals surface area contributed by atoms with Crippen molar-refractivity contribution >= 4 is 27.7 Å². The van der Waals surface area contributed by atoms with Crippen molar-refractivity contribution in [2.24, 2.45) is 12.8 Å². The number of imidazole rings is 1. The van der Waals surface area contributed by atoms with E-state index in [1.54, 1.807) is 18.2 Å². The van der Waals surface area contributed by atoms with Crippen LogP contribution in [0.2, 0.25) is 0 Å². The molecule has 3 aromatic heterocycles. The zero-order valence-corrected chi connectivity index (χ0v) is 23.4. The Labute approximate surface area is 243 Å². The average Bonchev–Trinajstić information content (AvgIpc) is 3.73. The average molecular weight is 560 g/mol. The zero-order valence-electron chi connectivity index (χ0n) is 23.4. The number of aromatic nitrogens is 4. The number of carbonyl (C=O) groups is 1. The fourth-order valence-electron chi connectivity index (χ4n) is 6.26. The molecule has 42 heavy (non-hydrogen) atoms. The number of hydrogen-bond acceptors (Lipinski definition) is 5. The van der Waals surface area contributed by atoms with Crippen LogP contribution in [0.1, 0.15) is 50.0 Å². The van der Waals surface area contributed by atoms with Gasteiger partial charge in [0.25, 0.3) is 5.91 Å². The largest absolute Gasteiger partial charge is 0.508 e. The maximum absolute atomic E-state index is 12.8. The maximum atomic E-state index is 12.8. The number of nitrogens with two attached hydrogens (primary N) is 1. The summed E-state index contributed by atoms with van der Waals surface area (Å²) in [7, 11) is 1.98. The molecule has 0 spiro atoms. The normalized spacial score (nSPS) is 14.6. The minimum atomic E-state index is -0.347. The number of phenols is 1. The van der Waals surface area contributed by atoms with Gasteiger partial charge in [-0.15, -0.1) is 0 Å². The van der Waals surface area contributed by atoms with Crippen molar-refractivity contribution in [3.05, 3.63) is 119 Å². The number of nitrogens with one attached hydrogen (secondary N) is 3. The molecule has 7 rings (SSSR count). The van der Waals surface area contributed by atoms with Crippen LogP contribution in [0, 0.1) is 0 Å². The number of aryl methyl sites for hydroxylation is 1. The van der Waals surface area contributed by atoms with Gasteiger partial charge < -0.3 is 35.6 Å². The molecule has 9 heteroatoms. The molecule has 9 nitrogen and oxygen atoms in total. The summed E-state index contributed by atoms with van der Waals surface area (Å²) in [6.07, 6.45) is 6.90. The number of para-hydroxylation sites is 1. The molecule has 0 unspecified atom stereocenters. The summed E-state index contributed by atoms with van der Waals surface area (Å²) in [4.78, 5) is 20.9. The molecule has 0 saturated heterocycles. The maximum Gasteiger partial charge on any atom is 0.252 e. The first kappa shape index (κ1) is 26.1. The zero-order chi connectivity index (χ0) is 28.8. The van der Waals surface area contributed by atoms with E-state index in [0.29, 0.717) is 31.7 Å². The molecule has 212 valence electrons. The highest BCUT2D eigenvalue weighted by molar-refractivity contribution is 6.01. The number of fused-ring (bicyclic) bond motifs is 3. The van der Waals surface area contributed by atoms with E-state index in [4.69, 9.17) is 5.73 Å². The van der Waals surface area contributed by atoms with Gasteiger partial charge in [-0.2, -0.15) is 0 Å². The summed E-state index contributed by atoms with van der Waals surface area (Å²) in [5.41, 5.74) is 14.9. The number of carbonyl (C=O) groups excluding carboxylic acids is 1. The van der Waals surface area contributed by atoms with Gasteiger partial charge in [0.05, 0.1) is 24.6 Å². The highest BCUT2D eigenvalue weighted by atomic mass is 16.3. The number of amides is 1. The van der Waals surface area contributed by atoms with Crippen LogP contribution in [-0.2, 0) is 33.1 Å². The lowest BCUT2D eigenvalue weighted by Gasteiger charge is -2.15. The van der Waals surface area contributed by atoms with Crippen molar-refractivity contribution in [2.45, 2.75) is 32.1 Å². The molecule has 6 N–H and O–H groups in total. The number of benzene rings is 3. The molecule has 0 aliphatic carbocycles. The Kier molecular flexibility index (Phi) is 6.53. The Bertz CT molecular complexity index is 1950. The number of aromatic amines is 1. The Morgan fingerprint density at radius 3 is 2.76 bits per heavy atom. The van der Waals surface area contributed by atoms with Crippen LogP contribution in [0.25, 0.3) is 21.8 Å². The van der Waals surface area contributed by atoms with Crippen molar-refractivity contribution < 1.29 is 9.90 Å². The van der Waals surface area contributed by atoms with Gasteiger partial charge in [0.2, 0.25) is 0 Å². The van der Waals surface area contributed by atoms with Crippen LogP contribution in [-0.4, -0.2) is 36.7 Å². The fraction of sp³-hybridized carbons (Fsp3) is 0.212. The lowest BCUT2D eigenvalue weighted by atomic mass is 9.95. The molecule has 0 radical (unpaired) electrons. The lowest BCUT2D eigenvalue weighted by Crippen LogP contribution is -2.22. The number of nitrogens with zero attached hydrogens (tertiary/aromatic N) is 3. The van der Waals surface area contributed by atoms with E-state index in [1.807, 2.05) is 42.3 Å². The van der Waals surface area contributed by atoms with E-state index in [9.17, 15) is 9.90 Å². The number of aromatic hydroxyl groups is 1. The van der Waals surface area contributed by atoms with Crippen molar-refractivity contribution in [2.75, 3.05) is 6.54 Å². The van der Waals surface area contributed by atoms with E-state index in [1.165, 1.54) is 22.0 Å². The van der Waals surface area contributed by atoms with Crippen molar-refractivity contribution in [1.82, 2.24) is 29.7 Å². The van der Waals surface area contributed by atoms with Crippen molar-refractivity contribution in [3.63, 3.8) is 0 Å². The van der Waals surface area contributed by atoms with E-state index in [2.05, 4.69) is 55.6 Å². The molecule has 1 atom stereocenters. The summed E-state index contributed by atoms with van der Waals surface area (Å²) in [6, 6.07) is 19.3. The molecule has 4 heterocycles. The van der Waals surface area contributed by atoms with Crippen LogP contribution in [0.4, 0.5) is 0 Å². The highest BCUT2D eigenvalue weighted by Crippen LogP contribution is 2.38. The van der Waals surface area contributed by atoms with Gasteiger partial charge in [-0.1, -0.05) is 30.3 Å². The molecule has 6 aromatic rings. The second-order valence-electron chi connectivity index (χ2n) is 11.0. The summed E-state index contributed by atoms with van der Waals surface area (Å²) in [5.74, 6) is 0.0165. The van der Waals surface area contributed by atoms with Gasteiger partial charge >= 0.3 is 0 Å². The number of H-pyrrole nitrogens is 1. The lowest BCUT2D eigenvalue weighted by molar-refractivity contribution is 0.0960. The summed E-state index contributed by atoms with van der Waals surface area (Å²) in [5, 5.41) is 19.2. The third kappa shape index (κ3) is 4.62. The quantitative estimate of drug-likeness (QED) is 0.181. The second kappa shape index (κ2) is 10.5. The third-order valence-corrected chi connectivity index (χ3v) is 8.15. The van der Waals surface area contributed by atoms with E-state index >= 15 is 0 Å². The number of hydrogen-bond donors (Lipinski definition) is 5. The first-order chi connectivity index (χ1) is 20.5. The second-order valence-corrected chi connectivity index (χ2v) is 11.0. The van der Waals surface area contributed by atoms with Gasteiger partial charge in [0.1, 0.15) is 5.75 Å². The summed E-state index contributed by atoms with van der Waals surface area (Å²) in [6.45, 7) is 2.54. The Hall–Kier alpha value is -4.86. The SMILES string of the molecule is Cn1cnc(Cn2cc(CCN)c3ccc(CNCc4[nH]c5ccccc5c4[C@H]4NC(=O)c5ccc(O)cc54)cc32)c1. The predicted molar refractivity (Wildman–Crippen MR) is 163 cm³/mol. The van der Waals surface area contributed by atoms with Crippen LogP contribution in [0.15, 0.2) is 79.4 Å². The standard InChI is InChI=1S/C33H33N7O2/c1-39-17-22(36-19-39)18-40-16-21(10-11-34)24-8-6-20(12-30(24)40)14-35-15-29-31(26-4-2-3-5-28(26)37-29)32-27-13-23(41)7-9-25(27)33(42)38-32/h2-9,12-13,16-17,19,32,35,37,41H,10-11,14-15,18,34H2,1H3,(H,38,42)/t32-/m0/s1. The Morgan fingerprint density at radius 1 is 1.05 bits per heavy atom. The van der Waals surface area contributed by atoms with Crippen LogP contribution in [0.5, 0.6) is 5.75 Å². The van der Waals surface area contributed by atoms with Gasteiger partial charge in [-0.3, -0.25) is 4.79 Å². The third-order valence-electron chi connectivity index (χ3n) is 8.15. The molecule has 1 aliphatic heterocycles. The van der Waals surface area contributed by atoms with Crippen LogP contribution < -0.4 is 16.4 Å². The van der Waals surface area contributed by atoms with E-state index in [0.717, 1.165) is 39.8 Å². The first-order valence-electron chi connectivity index (χ1n) is 14.2. The number of phenolic OH excluding ortho intramolecular Hbond substituents is 1. The van der Waals surface area contributed by atoms with Gasteiger partial charge in [-0.25, -0.2) is 4.98 Å². The van der Waals surface area contributed by atoms with Gasteiger partial charge in [0.15, 0.2) is 0 Å². The summed E-state index contributed by atoms with van der Waals surface area (Å²) >= 11 is 0. The fourth-order valence-corrected chi connectivity index (χ4v) is 6.26. The molecule has 1 amide bonds. The van der Waals surface area contributed by atoms with Crippen LogP contribution >= 0.6 is 0 Å². The molecule has 3 aromatic carbocycles. The predicted octanol–water partition coefficient (Wildman–Crippen LogP) is 4.23. The van der Waals surface area contributed by atoms with Gasteiger partial charge in [-0.05, 0) is 60.0 Å². The Balaban J connectivity index is 1.17.